The average Bonchev–Trinajstić information content (AvgIpc) is 2.78. The second kappa shape index (κ2) is 5.91. The van der Waals surface area contributed by atoms with Crippen molar-refractivity contribution in [3.63, 3.8) is 0 Å². The molecule has 0 spiro atoms. The summed E-state index contributed by atoms with van der Waals surface area (Å²) in [7, 11) is 0. The van der Waals surface area contributed by atoms with Gasteiger partial charge in [-0.3, -0.25) is 0 Å². The molecule has 2 N–H and O–H groups in total. The molecule has 1 heterocycles. The van der Waals surface area contributed by atoms with Crippen molar-refractivity contribution in [3.05, 3.63) is 48.2 Å². The summed E-state index contributed by atoms with van der Waals surface area (Å²) in [6.07, 6.45) is 0. The number of thiol groups is 1. The Morgan fingerprint density at radius 2 is 1.94 bits per heavy atom. The van der Waals surface area contributed by atoms with Gasteiger partial charge in [0.15, 0.2) is 0 Å². The van der Waals surface area contributed by atoms with E-state index in [0.717, 1.165) is 17.1 Å². The predicted octanol–water partition coefficient (Wildman–Crippen LogP) is 2.28. The van der Waals surface area contributed by atoms with Crippen LogP contribution in [0.2, 0.25) is 0 Å². The Labute approximate surface area is 106 Å². The van der Waals surface area contributed by atoms with Crippen LogP contribution < -0.4 is 5.32 Å². The van der Waals surface area contributed by atoms with Crippen LogP contribution in [0, 0.1) is 0 Å². The van der Waals surface area contributed by atoms with E-state index in [4.69, 9.17) is 9.52 Å². The van der Waals surface area contributed by atoms with Crippen LogP contribution >= 0.6 is 12.6 Å². The van der Waals surface area contributed by atoms with E-state index < -0.39 is 5.44 Å². The molecule has 0 saturated heterocycles. The molecular formula is C13H15NO2S. The summed E-state index contributed by atoms with van der Waals surface area (Å²) in [6.45, 7) is 1.02. The molecule has 1 aromatic heterocycles. The zero-order valence-electron chi connectivity index (χ0n) is 9.34. The first kappa shape index (κ1) is 12.2. The molecule has 2 aromatic rings. The van der Waals surface area contributed by atoms with E-state index in [1.54, 1.807) is 0 Å². The summed E-state index contributed by atoms with van der Waals surface area (Å²) in [4.78, 5) is 0. The Kier molecular flexibility index (Phi) is 4.25. The maximum absolute atomic E-state index is 8.98. The molecule has 4 heteroatoms. The molecule has 1 atom stereocenters. The number of aliphatic hydroxyl groups is 1. The Morgan fingerprint density at radius 3 is 2.65 bits per heavy atom. The summed E-state index contributed by atoms with van der Waals surface area (Å²) in [5.41, 5.74) is 0.423. The number of hydrogen-bond acceptors (Lipinski definition) is 4. The molecule has 90 valence electrons. The van der Waals surface area contributed by atoms with Crippen LogP contribution in [0.1, 0.15) is 5.76 Å². The van der Waals surface area contributed by atoms with Gasteiger partial charge < -0.3 is 14.8 Å². The van der Waals surface area contributed by atoms with Crippen molar-refractivity contribution >= 4 is 12.6 Å². The molecule has 0 radical (unpaired) electrons. The largest absolute Gasteiger partial charge is 0.460 e. The van der Waals surface area contributed by atoms with E-state index in [2.05, 4.69) is 17.9 Å². The third kappa shape index (κ3) is 3.63. The topological polar surface area (TPSA) is 45.4 Å². The first-order valence-electron chi connectivity index (χ1n) is 5.46. The molecule has 2 rings (SSSR count). The second-order valence-corrected chi connectivity index (χ2v) is 4.34. The van der Waals surface area contributed by atoms with Crippen molar-refractivity contribution < 1.29 is 9.52 Å². The fourth-order valence-electron chi connectivity index (χ4n) is 1.55. The number of nitrogens with one attached hydrogen (secondary N) is 1. The van der Waals surface area contributed by atoms with Crippen LogP contribution in [0.15, 0.2) is 46.9 Å². The first-order chi connectivity index (χ1) is 8.25. The molecule has 1 aromatic carbocycles. The van der Waals surface area contributed by atoms with Gasteiger partial charge in [0.2, 0.25) is 0 Å². The summed E-state index contributed by atoms with van der Waals surface area (Å²) in [5, 5.41) is 12.0. The summed E-state index contributed by atoms with van der Waals surface area (Å²) in [5.74, 6) is 1.70. The molecule has 1 unspecified atom stereocenters. The fourth-order valence-corrected chi connectivity index (χ4v) is 1.68. The van der Waals surface area contributed by atoms with Crippen LogP contribution in [0.3, 0.4) is 0 Å². The van der Waals surface area contributed by atoms with E-state index in [0.29, 0.717) is 13.1 Å². The zero-order chi connectivity index (χ0) is 12.1. The van der Waals surface area contributed by atoms with Crippen LogP contribution in [-0.2, 0) is 6.54 Å². The first-order valence-corrected chi connectivity index (χ1v) is 5.98. The number of benzene rings is 1. The van der Waals surface area contributed by atoms with Gasteiger partial charge in [-0.25, -0.2) is 0 Å². The van der Waals surface area contributed by atoms with Gasteiger partial charge in [0.25, 0.3) is 0 Å². The highest BCUT2D eigenvalue weighted by atomic mass is 32.1. The van der Waals surface area contributed by atoms with Gasteiger partial charge in [0.1, 0.15) is 17.0 Å². The van der Waals surface area contributed by atoms with E-state index in [1.165, 1.54) is 0 Å². The lowest BCUT2D eigenvalue weighted by molar-refractivity contribution is 0.258. The van der Waals surface area contributed by atoms with E-state index in [1.807, 2.05) is 42.5 Å². The minimum absolute atomic E-state index is 0.435. The molecule has 0 aliphatic carbocycles. The molecule has 17 heavy (non-hydrogen) atoms. The predicted molar refractivity (Wildman–Crippen MR) is 70.8 cm³/mol. The molecule has 0 aliphatic heterocycles. The maximum atomic E-state index is 8.98. The molecule has 0 bridgehead atoms. The van der Waals surface area contributed by atoms with Gasteiger partial charge in [0, 0.05) is 12.1 Å². The van der Waals surface area contributed by atoms with Crippen molar-refractivity contribution in [2.24, 2.45) is 0 Å². The van der Waals surface area contributed by atoms with Gasteiger partial charge in [0.05, 0.1) is 6.54 Å². The summed E-state index contributed by atoms with van der Waals surface area (Å²) in [6, 6.07) is 13.8. The Hall–Kier alpha value is -1.23. The van der Waals surface area contributed by atoms with Crippen LogP contribution in [0.25, 0.3) is 11.3 Å². The normalized spacial score (nSPS) is 12.6. The minimum atomic E-state index is -0.640. The number of aliphatic hydroxyl groups excluding tert-OH is 1. The minimum Gasteiger partial charge on any atom is -0.460 e. The molecule has 0 saturated carbocycles. The highest BCUT2D eigenvalue weighted by Gasteiger charge is 2.04. The summed E-state index contributed by atoms with van der Waals surface area (Å²) >= 11 is 3.87. The van der Waals surface area contributed by atoms with Crippen molar-refractivity contribution in [1.82, 2.24) is 5.32 Å². The standard InChI is InChI=1S/C13H15NO2S/c15-13(17)9-14-8-11-6-7-12(16-11)10-4-2-1-3-5-10/h1-7,13-15,17H,8-9H2. The highest BCUT2D eigenvalue weighted by molar-refractivity contribution is 7.80. The van der Waals surface area contributed by atoms with Crippen molar-refractivity contribution in [2.45, 2.75) is 12.0 Å². The van der Waals surface area contributed by atoms with E-state index >= 15 is 0 Å². The molecule has 0 aliphatic rings. The van der Waals surface area contributed by atoms with Crippen molar-refractivity contribution in [3.8, 4) is 11.3 Å². The lowest BCUT2D eigenvalue weighted by Gasteiger charge is -2.03. The lowest BCUT2D eigenvalue weighted by atomic mass is 10.2. The Bertz CT molecular complexity index is 453. The zero-order valence-corrected chi connectivity index (χ0v) is 10.2. The van der Waals surface area contributed by atoms with Gasteiger partial charge in [-0.2, -0.15) is 0 Å². The quantitative estimate of drug-likeness (QED) is 0.563. The fraction of sp³-hybridized carbons (Fsp3) is 0.231. The van der Waals surface area contributed by atoms with Crippen LogP contribution in [-0.4, -0.2) is 17.1 Å². The third-order valence-electron chi connectivity index (χ3n) is 2.35. The molecule has 0 fully saturated rings. The van der Waals surface area contributed by atoms with Gasteiger partial charge in [-0.1, -0.05) is 30.3 Å². The Morgan fingerprint density at radius 1 is 1.18 bits per heavy atom. The molecule has 3 nitrogen and oxygen atoms in total. The van der Waals surface area contributed by atoms with Gasteiger partial charge in [-0.15, -0.1) is 12.6 Å². The van der Waals surface area contributed by atoms with Gasteiger partial charge >= 0.3 is 0 Å². The number of hydrogen-bond donors (Lipinski definition) is 3. The van der Waals surface area contributed by atoms with Crippen LogP contribution in [0.4, 0.5) is 0 Å². The number of furan rings is 1. The number of rotatable bonds is 5. The average molecular weight is 249 g/mol. The SMILES string of the molecule is OC(S)CNCc1ccc(-c2ccccc2)o1. The Balaban J connectivity index is 1.97. The smallest absolute Gasteiger partial charge is 0.134 e. The van der Waals surface area contributed by atoms with E-state index in [9.17, 15) is 0 Å². The summed E-state index contributed by atoms with van der Waals surface area (Å²) < 4.78 is 5.68. The lowest BCUT2D eigenvalue weighted by Crippen LogP contribution is -2.22. The van der Waals surface area contributed by atoms with Crippen LogP contribution in [0.5, 0.6) is 0 Å². The highest BCUT2D eigenvalue weighted by Crippen LogP contribution is 2.21. The van der Waals surface area contributed by atoms with Crippen molar-refractivity contribution in [1.29, 1.82) is 0 Å². The molecule has 0 amide bonds. The second-order valence-electron chi connectivity index (χ2n) is 3.74. The molecular weight excluding hydrogens is 234 g/mol. The monoisotopic (exact) mass is 249 g/mol. The van der Waals surface area contributed by atoms with Gasteiger partial charge in [-0.05, 0) is 12.1 Å². The van der Waals surface area contributed by atoms with Crippen molar-refractivity contribution in [2.75, 3.05) is 6.54 Å². The third-order valence-corrected chi connectivity index (χ3v) is 2.53. The van der Waals surface area contributed by atoms with E-state index in [-0.39, 0.29) is 0 Å². The maximum Gasteiger partial charge on any atom is 0.134 e.